The van der Waals surface area contributed by atoms with Gasteiger partial charge in [-0.25, -0.2) is 0 Å². The van der Waals surface area contributed by atoms with E-state index in [1.165, 1.54) is 0 Å². The molecule has 3 heterocycles. The summed E-state index contributed by atoms with van der Waals surface area (Å²) in [4.78, 5) is 27.8. The fourth-order valence-corrected chi connectivity index (χ4v) is 7.04. The van der Waals surface area contributed by atoms with Crippen molar-refractivity contribution < 1.29 is 42.4 Å². The molecule has 6 rings (SSSR count). The summed E-state index contributed by atoms with van der Waals surface area (Å²) >= 11 is 6.05. The first-order valence-electron chi connectivity index (χ1n) is 16.4. The van der Waals surface area contributed by atoms with E-state index in [0.717, 1.165) is 16.7 Å². The van der Waals surface area contributed by atoms with Gasteiger partial charge >= 0.3 is 12.1 Å². The number of amides is 2. The Labute approximate surface area is 287 Å². The largest absolute Gasteiger partial charge is 0.471 e. The van der Waals surface area contributed by atoms with Crippen LogP contribution in [0, 0.1) is 0 Å². The molecule has 2 amide bonds. The number of nitrogens with one attached hydrogen (secondary N) is 1. The van der Waals surface area contributed by atoms with Gasteiger partial charge in [-0.3, -0.25) is 9.59 Å². The highest BCUT2D eigenvalue weighted by Gasteiger charge is 2.47. The van der Waals surface area contributed by atoms with Crippen LogP contribution in [0.1, 0.15) is 66.8 Å². The van der Waals surface area contributed by atoms with Crippen molar-refractivity contribution in [3.63, 3.8) is 0 Å². The van der Waals surface area contributed by atoms with E-state index >= 15 is 0 Å². The van der Waals surface area contributed by atoms with Crippen LogP contribution in [-0.2, 0) is 31.3 Å². The maximum atomic E-state index is 13.1. The SMILES string of the molecule is O=C(Nc1cccc([C@@H]2O[C@H](CN3CCC(O)(c4ccc(Cl)cc4)CC3)C[C@H](c3ccc(CO)cc3)O2)c1)[C@@H]1CCCN1C(=O)C(F)(F)F. The van der Waals surface area contributed by atoms with Gasteiger partial charge in [0.1, 0.15) is 6.04 Å². The van der Waals surface area contributed by atoms with Gasteiger partial charge in [0.05, 0.1) is 24.4 Å². The maximum absolute atomic E-state index is 13.1. The summed E-state index contributed by atoms with van der Waals surface area (Å²) < 4.78 is 52.3. The molecule has 3 aliphatic heterocycles. The molecule has 0 saturated carbocycles. The van der Waals surface area contributed by atoms with Gasteiger partial charge in [0, 0.05) is 48.9 Å². The highest BCUT2D eigenvalue weighted by atomic mass is 35.5. The van der Waals surface area contributed by atoms with Crippen molar-refractivity contribution in [2.24, 2.45) is 0 Å². The number of carbonyl (C=O) groups excluding carboxylic acids is 2. The molecule has 3 aliphatic rings. The lowest BCUT2D eigenvalue weighted by molar-refractivity contribution is -0.253. The monoisotopic (exact) mass is 701 g/mol. The Bertz CT molecular complexity index is 1620. The average Bonchev–Trinajstić information content (AvgIpc) is 3.59. The fraction of sp³-hybridized carbons (Fsp3) is 0.444. The zero-order valence-electron chi connectivity index (χ0n) is 26.7. The minimum absolute atomic E-state index is 0.0843. The first kappa shape index (κ1) is 35.3. The molecule has 9 nitrogen and oxygen atoms in total. The van der Waals surface area contributed by atoms with E-state index in [1.807, 2.05) is 36.4 Å². The number of aliphatic hydroxyl groups is 2. The third-order valence-electron chi connectivity index (χ3n) is 9.63. The molecule has 3 N–H and O–H groups in total. The van der Waals surface area contributed by atoms with Gasteiger partial charge < -0.3 is 34.8 Å². The van der Waals surface area contributed by atoms with E-state index < -0.39 is 35.9 Å². The molecule has 0 aromatic heterocycles. The maximum Gasteiger partial charge on any atom is 0.471 e. The first-order valence-corrected chi connectivity index (χ1v) is 16.8. The number of halogens is 4. The van der Waals surface area contributed by atoms with Crippen molar-refractivity contribution >= 4 is 29.1 Å². The average molecular weight is 702 g/mol. The van der Waals surface area contributed by atoms with Crippen LogP contribution in [0.3, 0.4) is 0 Å². The normalized spacial score (nSPS) is 24.5. The zero-order valence-corrected chi connectivity index (χ0v) is 27.5. The Balaban J connectivity index is 1.16. The van der Waals surface area contributed by atoms with E-state index in [0.29, 0.717) is 66.5 Å². The van der Waals surface area contributed by atoms with E-state index in [1.54, 1.807) is 36.4 Å². The Kier molecular flexibility index (Phi) is 10.6. The van der Waals surface area contributed by atoms with Crippen LogP contribution in [0.15, 0.2) is 72.8 Å². The minimum Gasteiger partial charge on any atom is -0.392 e. The van der Waals surface area contributed by atoms with Crippen molar-refractivity contribution in [3.05, 3.63) is 100 Å². The quantitative estimate of drug-likeness (QED) is 0.270. The Morgan fingerprint density at radius 2 is 1.67 bits per heavy atom. The van der Waals surface area contributed by atoms with Crippen molar-refractivity contribution in [1.29, 1.82) is 0 Å². The Hall–Kier alpha value is -3.52. The van der Waals surface area contributed by atoms with Crippen molar-refractivity contribution in [2.75, 3.05) is 31.5 Å². The number of rotatable bonds is 8. The number of alkyl halides is 3. The second-order valence-electron chi connectivity index (χ2n) is 13.0. The number of nitrogens with zero attached hydrogens (tertiary/aromatic N) is 2. The zero-order chi connectivity index (χ0) is 34.8. The third kappa shape index (κ3) is 8.28. The number of likely N-dealkylation sites (tertiary alicyclic amines) is 2. The predicted octanol–water partition coefficient (Wildman–Crippen LogP) is 5.85. The van der Waals surface area contributed by atoms with E-state index in [9.17, 15) is 33.0 Å². The summed E-state index contributed by atoms with van der Waals surface area (Å²) in [6.07, 6.45) is -4.44. The lowest BCUT2D eigenvalue weighted by atomic mass is 9.84. The molecule has 262 valence electrons. The lowest BCUT2D eigenvalue weighted by Crippen LogP contribution is -2.48. The van der Waals surface area contributed by atoms with Crippen molar-refractivity contribution in [1.82, 2.24) is 9.80 Å². The summed E-state index contributed by atoms with van der Waals surface area (Å²) in [6, 6.07) is 20.3. The molecule has 3 fully saturated rings. The van der Waals surface area contributed by atoms with Gasteiger partial charge in [0.25, 0.3) is 0 Å². The van der Waals surface area contributed by atoms with E-state index in [-0.39, 0.29) is 31.8 Å². The summed E-state index contributed by atoms with van der Waals surface area (Å²) in [5.74, 6) is -2.71. The predicted molar refractivity (Wildman–Crippen MR) is 175 cm³/mol. The minimum atomic E-state index is -5.06. The van der Waals surface area contributed by atoms with Crippen LogP contribution >= 0.6 is 11.6 Å². The van der Waals surface area contributed by atoms with Gasteiger partial charge in [-0.15, -0.1) is 0 Å². The number of anilines is 1. The van der Waals surface area contributed by atoms with Gasteiger partial charge in [-0.05, 0) is 66.6 Å². The number of hydrogen-bond donors (Lipinski definition) is 3. The van der Waals surface area contributed by atoms with Crippen molar-refractivity contribution in [2.45, 2.75) is 75.0 Å². The molecule has 49 heavy (non-hydrogen) atoms. The van der Waals surface area contributed by atoms with Crippen LogP contribution in [-0.4, -0.2) is 76.3 Å². The second-order valence-corrected chi connectivity index (χ2v) is 13.4. The molecule has 3 saturated heterocycles. The molecule has 4 atom stereocenters. The standard InChI is InChI=1S/C36H39ClF3N3O6/c37-27-12-10-26(11-13-27)35(47)14-17-42(18-15-35)21-29-20-31(24-8-6-23(22-44)7-9-24)49-33(48-29)25-3-1-4-28(19-25)41-32(45)30-5-2-16-43(30)34(46)36(38,39)40/h1,3-4,6-13,19,29-31,33,44,47H,2,5,14-18,20-22H2,(H,41,45)/t29-,30-,31+,33+/m0/s1. The smallest absolute Gasteiger partial charge is 0.392 e. The van der Waals surface area contributed by atoms with Crippen LogP contribution < -0.4 is 5.32 Å². The molecular formula is C36H39ClF3N3O6. The molecule has 0 bridgehead atoms. The highest BCUT2D eigenvalue weighted by Crippen LogP contribution is 2.40. The first-order chi connectivity index (χ1) is 23.4. The number of aliphatic hydroxyl groups excluding tert-OH is 1. The number of hydrogen-bond acceptors (Lipinski definition) is 7. The Morgan fingerprint density at radius 3 is 2.35 bits per heavy atom. The molecule has 0 aliphatic carbocycles. The number of piperidine rings is 1. The molecule has 0 spiro atoms. The van der Waals surface area contributed by atoms with Crippen LogP contribution in [0.5, 0.6) is 0 Å². The van der Waals surface area contributed by atoms with E-state index in [4.69, 9.17) is 21.1 Å². The molecule has 3 aromatic carbocycles. The van der Waals surface area contributed by atoms with Crippen LogP contribution in [0.2, 0.25) is 5.02 Å². The number of benzene rings is 3. The topological polar surface area (TPSA) is 112 Å². The van der Waals surface area contributed by atoms with Gasteiger partial charge in [0.2, 0.25) is 5.91 Å². The lowest BCUT2D eigenvalue weighted by Gasteiger charge is -2.42. The summed E-state index contributed by atoms with van der Waals surface area (Å²) in [6.45, 7) is 1.66. The van der Waals surface area contributed by atoms with Gasteiger partial charge in [0.15, 0.2) is 6.29 Å². The fourth-order valence-electron chi connectivity index (χ4n) is 6.91. The molecule has 13 heteroatoms. The van der Waals surface area contributed by atoms with Crippen molar-refractivity contribution in [3.8, 4) is 0 Å². The summed E-state index contributed by atoms with van der Waals surface area (Å²) in [5, 5.41) is 24.2. The third-order valence-corrected chi connectivity index (χ3v) is 9.88. The summed E-state index contributed by atoms with van der Waals surface area (Å²) in [5.41, 5.74) is 2.51. The summed E-state index contributed by atoms with van der Waals surface area (Å²) in [7, 11) is 0. The molecule has 0 unspecified atom stereocenters. The molecule has 3 aromatic rings. The number of carbonyl (C=O) groups is 2. The van der Waals surface area contributed by atoms with Crippen LogP contribution in [0.4, 0.5) is 18.9 Å². The van der Waals surface area contributed by atoms with Gasteiger partial charge in [-0.1, -0.05) is 60.1 Å². The molecule has 0 radical (unpaired) electrons. The Morgan fingerprint density at radius 1 is 0.959 bits per heavy atom. The highest BCUT2D eigenvalue weighted by molar-refractivity contribution is 6.30. The van der Waals surface area contributed by atoms with Crippen LogP contribution in [0.25, 0.3) is 0 Å². The number of ether oxygens (including phenoxy) is 2. The second kappa shape index (κ2) is 14.8. The van der Waals surface area contributed by atoms with Gasteiger partial charge in [-0.2, -0.15) is 13.2 Å². The molecular weight excluding hydrogens is 663 g/mol. The van der Waals surface area contributed by atoms with E-state index in [2.05, 4.69) is 10.2 Å².